The highest BCUT2D eigenvalue weighted by atomic mass is 35.5. The molecule has 0 bridgehead atoms. The number of rotatable bonds is 4. The van der Waals surface area contributed by atoms with Gasteiger partial charge in [0.1, 0.15) is 5.75 Å². The maximum absolute atomic E-state index is 12.7. The fourth-order valence-electron chi connectivity index (χ4n) is 1.82. The summed E-state index contributed by atoms with van der Waals surface area (Å²) in [5.41, 5.74) is 0.279. The number of sulfonamides is 1. The number of hydrogen-bond acceptors (Lipinski definition) is 3. The van der Waals surface area contributed by atoms with Crippen molar-refractivity contribution < 1.29 is 13.2 Å². The zero-order chi connectivity index (χ0) is 16.5. The third-order valence-corrected chi connectivity index (χ3v) is 5.65. The Bertz CT molecular complexity index is 809. The Morgan fingerprint density at radius 3 is 2.27 bits per heavy atom. The highest BCUT2D eigenvalue weighted by molar-refractivity contribution is 7.92. The SMILES string of the molecule is COc1ccc(S(=O)(=O)N(C)c2cc(Cl)ccc2Cl)cc1Cl. The Balaban J connectivity index is 2.49. The average molecular weight is 381 g/mol. The lowest BCUT2D eigenvalue weighted by Crippen LogP contribution is -2.26. The number of hydrogen-bond donors (Lipinski definition) is 0. The summed E-state index contributed by atoms with van der Waals surface area (Å²) in [7, 11) is -0.983. The molecule has 0 radical (unpaired) electrons. The highest BCUT2D eigenvalue weighted by Gasteiger charge is 2.24. The van der Waals surface area contributed by atoms with Crippen LogP contribution in [0.4, 0.5) is 5.69 Å². The lowest BCUT2D eigenvalue weighted by atomic mass is 10.3. The van der Waals surface area contributed by atoms with E-state index >= 15 is 0 Å². The van der Waals surface area contributed by atoms with Crippen LogP contribution in [0, 0.1) is 0 Å². The number of benzene rings is 2. The van der Waals surface area contributed by atoms with Crippen LogP contribution in [-0.4, -0.2) is 22.6 Å². The van der Waals surface area contributed by atoms with Crippen molar-refractivity contribution in [1.29, 1.82) is 0 Å². The summed E-state index contributed by atoms with van der Waals surface area (Å²) < 4.78 is 31.4. The molecule has 22 heavy (non-hydrogen) atoms. The summed E-state index contributed by atoms with van der Waals surface area (Å²) >= 11 is 17.9. The van der Waals surface area contributed by atoms with Crippen molar-refractivity contribution >= 4 is 50.5 Å². The van der Waals surface area contributed by atoms with Gasteiger partial charge in [0.2, 0.25) is 0 Å². The molecule has 118 valence electrons. The highest BCUT2D eigenvalue weighted by Crippen LogP contribution is 2.33. The van der Waals surface area contributed by atoms with Crippen molar-refractivity contribution in [3.8, 4) is 5.75 Å². The van der Waals surface area contributed by atoms with Gasteiger partial charge in [0.25, 0.3) is 10.0 Å². The molecule has 0 aliphatic heterocycles. The summed E-state index contributed by atoms with van der Waals surface area (Å²) in [6.07, 6.45) is 0. The summed E-state index contributed by atoms with van der Waals surface area (Å²) in [6.45, 7) is 0. The lowest BCUT2D eigenvalue weighted by molar-refractivity contribution is 0.414. The average Bonchev–Trinajstić information content (AvgIpc) is 2.48. The Hall–Kier alpha value is -1.14. The van der Waals surface area contributed by atoms with E-state index in [4.69, 9.17) is 39.5 Å². The monoisotopic (exact) mass is 379 g/mol. The van der Waals surface area contributed by atoms with Gasteiger partial charge in [-0.1, -0.05) is 34.8 Å². The summed E-state index contributed by atoms with van der Waals surface area (Å²) in [6, 6.07) is 8.82. The fraction of sp³-hybridized carbons (Fsp3) is 0.143. The van der Waals surface area contributed by atoms with E-state index in [9.17, 15) is 8.42 Å². The molecule has 8 heteroatoms. The van der Waals surface area contributed by atoms with Crippen molar-refractivity contribution in [1.82, 2.24) is 0 Å². The number of methoxy groups -OCH3 is 1. The Morgan fingerprint density at radius 1 is 1.00 bits per heavy atom. The molecule has 2 aromatic rings. The first-order valence-electron chi connectivity index (χ1n) is 6.05. The van der Waals surface area contributed by atoms with Gasteiger partial charge >= 0.3 is 0 Å². The fourth-order valence-corrected chi connectivity index (χ4v) is 3.84. The van der Waals surface area contributed by atoms with Gasteiger partial charge < -0.3 is 4.74 Å². The van der Waals surface area contributed by atoms with Gasteiger partial charge in [-0.25, -0.2) is 8.42 Å². The van der Waals surface area contributed by atoms with Crippen LogP contribution in [0.15, 0.2) is 41.3 Å². The molecule has 2 rings (SSSR count). The molecular weight excluding hydrogens is 369 g/mol. The summed E-state index contributed by atoms with van der Waals surface area (Å²) in [5, 5.41) is 0.860. The van der Waals surface area contributed by atoms with E-state index < -0.39 is 10.0 Å². The quantitative estimate of drug-likeness (QED) is 0.785. The van der Waals surface area contributed by atoms with Crippen LogP contribution in [0.3, 0.4) is 0 Å². The zero-order valence-corrected chi connectivity index (χ0v) is 14.8. The third kappa shape index (κ3) is 3.27. The van der Waals surface area contributed by atoms with E-state index in [0.29, 0.717) is 10.8 Å². The van der Waals surface area contributed by atoms with Crippen LogP contribution in [0.1, 0.15) is 0 Å². The Kier molecular flexibility index (Phi) is 5.12. The molecule has 0 aliphatic carbocycles. The van der Waals surface area contributed by atoms with Gasteiger partial charge in [-0.15, -0.1) is 0 Å². The molecule has 0 saturated heterocycles. The van der Waals surface area contributed by atoms with Crippen LogP contribution in [0.5, 0.6) is 5.75 Å². The molecule has 0 atom stereocenters. The second kappa shape index (κ2) is 6.54. The van der Waals surface area contributed by atoms with E-state index in [1.165, 1.54) is 44.5 Å². The zero-order valence-electron chi connectivity index (χ0n) is 11.7. The van der Waals surface area contributed by atoms with Crippen molar-refractivity contribution in [2.24, 2.45) is 0 Å². The van der Waals surface area contributed by atoms with E-state index in [2.05, 4.69) is 0 Å². The topological polar surface area (TPSA) is 46.6 Å². The van der Waals surface area contributed by atoms with Crippen molar-refractivity contribution in [2.45, 2.75) is 4.90 Å². The second-order valence-electron chi connectivity index (χ2n) is 4.36. The van der Waals surface area contributed by atoms with E-state index in [0.717, 1.165) is 4.31 Å². The van der Waals surface area contributed by atoms with Gasteiger partial charge in [-0.2, -0.15) is 0 Å². The van der Waals surface area contributed by atoms with Crippen molar-refractivity contribution in [2.75, 3.05) is 18.5 Å². The molecule has 0 saturated carbocycles. The normalized spacial score (nSPS) is 11.3. The predicted octanol–water partition coefficient (Wildman–Crippen LogP) is 4.48. The number of ether oxygens (including phenoxy) is 1. The molecule has 0 unspecified atom stereocenters. The van der Waals surface area contributed by atoms with Crippen LogP contribution in [0.2, 0.25) is 15.1 Å². The molecule has 0 N–H and O–H groups in total. The van der Waals surface area contributed by atoms with E-state index in [1.807, 2.05) is 0 Å². The molecule has 0 fully saturated rings. The Morgan fingerprint density at radius 2 is 1.68 bits per heavy atom. The second-order valence-corrected chi connectivity index (χ2v) is 7.58. The van der Waals surface area contributed by atoms with E-state index in [-0.39, 0.29) is 20.6 Å². The summed E-state index contributed by atoms with van der Waals surface area (Å²) in [5.74, 6) is 0.393. The lowest BCUT2D eigenvalue weighted by Gasteiger charge is -2.21. The number of anilines is 1. The van der Waals surface area contributed by atoms with Gasteiger partial charge in [-0.3, -0.25) is 4.31 Å². The molecule has 4 nitrogen and oxygen atoms in total. The molecule has 2 aromatic carbocycles. The first-order valence-corrected chi connectivity index (χ1v) is 8.62. The molecule has 0 heterocycles. The van der Waals surface area contributed by atoms with Crippen molar-refractivity contribution in [3.05, 3.63) is 51.5 Å². The van der Waals surface area contributed by atoms with Crippen LogP contribution in [-0.2, 0) is 10.0 Å². The maximum atomic E-state index is 12.7. The largest absolute Gasteiger partial charge is 0.495 e. The molecule has 0 spiro atoms. The number of nitrogens with zero attached hydrogens (tertiary/aromatic N) is 1. The standard InChI is InChI=1S/C14H12Cl3NO3S/c1-18(13-7-9(15)3-5-11(13)16)22(19,20)10-4-6-14(21-2)12(17)8-10/h3-8H,1-2H3. The first-order chi connectivity index (χ1) is 10.3. The third-order valence-electron chi connectivity index (χ3n) is 3.03. The van der Waals surface area contributed by atoms with Crippen LogP contribution >= 0.6 is 34.8 Å². The number of halogens is 3. The minimum Gasteiger partial charge on any atom is -0.495 e. The minimum atomic E-state index is -3.83. The van der Waals surface area contributed by atoms with Crippen LogP contribution in [0.25, 0.3) is 0 Å². The summed E-state index contributed by atoms with van der Waals surface area (Å²) in [4.78, 5) is 0.0249. The minimum absolute atomic E-state index is 0.0249. The van der Waals surface area contributed by atoms with Gasteiger partial charge in [0.05, 0.1) is 27.7 Å². The molecule has 0 amide bonds. The maximum Gasteiger partial charge on any atom is 0.264 e. The Labute approximate surface area is 144 Å². The van der Waals surface area contributed by atoms with E-state index in [1.54, 1.807) is 6.07 Å². The van der Waals surface area contributed by atoms with Crippen LogP contribution < -0.4 is 9.04 Å². The van der Waals surface area contributed by atoms with Crippen molar-refractivity contribution in [3.63, 3.8) is 0 Å². The first kappa shape index (κ1) is 17.2. The van der Waals surface area contributed by atoms with Gasteiger partial charge in [-0.05, 0) is 36.4 Å². The molecular formula is C14H12Cl3NO3S. The van der Waals surface area contributed by atoms with Gasteiger partial charge in [0, 0.05) is 12.1 Å². The predicted molar refractivity (Wildman–Crippen MR) is 90.1 cm³/mol. The molecule has 0 aromatic heterocycles. The van der Waals surface area contributed by atoms with Gasteiger partial charge in [0.15, 0.2) is 0 Å². The molecule has 0 aliphatic rings. The smallest absolute Gasteiger partial charge is 0.264 e.